The quantitative estimate of drug-likeness (QED) is 0.768. The molecule has 1 rings (SSSR count). The van der Waals surface area contributed by atoms with Crippen LogP contribution in [0.1, 0.15) is 43.5 Å². The van der Waals surface area contributed by atoms with Gasteiger partial charge in [0, 0.05) is 35.3 Å². The third-order valence-corrected chi connectivity index (χ3v) is 4.57. The van der Waals surface area contributed by atoms with Crippen LogP contribution in [-0.4, -0.2) is 37.8 Å². The smallest absolute Gasteiger partial charge is 0.360 e. The van der Waals surface area contributed by atoms with E-state index < -0.39 is 16.8 Å². The maximum absolute atomic E-state index is 11.8. The van der Waals surface area contributed by atoms with Gasteiger partial charge < -0.3 is 15.0 Å². The molecule has 2 N–H and O–H groups in total. The highest BCUT2D eigenvalue weighted by Gasteiger charge is 2.21. The summed E-state index contributed by atoms with van der Waals surface area (Å²) in [6.07, 6.45) is 3.08. The number of aryl methyl sites for hydroxylation is 1. The summed E-state index contributed by atoms with van der Waals surface area (Å²) in [5.74, 6) is 0.583. The third kappa shape index (κ3) is 3.82. The molecule has 0 aliphatic heterocycles. The van der Waals surface area contributed by atoms with Gasteiger partial charge in [-0.15, -0.1) is 0 Å². The van der Waals surface area contributed by atoms with Gasteiger partial charge in [0.15, 0.2) is 5.69 Å². The minimum atomic E-state index is -0.870. The Hall–Kier alpha value is -1.37. The summed E-state index contributed by atoms with van der Waals surface area (Å²) < 4.78 is 18.1. The van der Waals surface area contributed by atoms with Gasteiger partial charge in [-0.3, -0.25) is 4.21 Å². The first-order chi connectivity index (χ1) is 9.42. The average Bonchev–Trinajstić information content (AvgIpc) is 2.72. The molecule has 2 atom stereocenters. The molecule has 1 aromatic heterocycles. The van der Waals surface area contributed by atoms with E-state index in [4.69, 9.17) is 10.5 Å². The molecule has 2 unspecified atom stereocenters. The Morgan fingerprint density at radius 1 is 1.50 bits per heavy atom. The monoisotopic (exact) mass is 301 g/mol. The van der Waals surface area contributed by atoms with Crippen molar-refractivity contribution < 1.29 is 13.7 Å². The Bertz CT molecular complexity index is 499. The van der Waals surface area contributed by atoms with Crippen LogP contribution < -0.4 is 5.73 Å². The molecule has 0 fully saturated rings. The zero-order chi connectivity index (χ0) is 15.3. The van der Waals surface area contributed by atoms with Crippen LogP contribution in [0.15, 0.2) is 0 Å². The van der Waals surface area contributed by atoms with Crippen LogP contribution in [0.2, 0.25) is 0 Å². The van der Waals surface area contributed by atoms with Gasteiger partial charge in [-0.1, -0.05) is 13.8 Å². The number of aromatic nitrogens is 2. The molecule has 0 aliphatic carbocycles. The van der Waals surface area contributed by atoms with E-state index in [1.807, 2.05) is 18.4 Å². The minimum absolute atomic E-state index is 0.0764. The Morgan fingerprint density at radius 3 is 2.65 bits per heavy atom. The molecule has 0 amide bonds. The molecule has 1 heterocycles. The molecular formula is C13H23N3O3S. The summed E-state index contributed by atoms with van der Waals surface area (Å²) in [4.78, 5) is 16.0. The highest BCUT2D eigenvalue weighted by molar-refractivity contribution is 7.84. The lowest BCUT2D eigenvalue weighted by Crippen LogP contribution is -2.16. The van der Waals surface area contributed by atoms with Crippen LogP contribution in [0.5, 0.6) is 0 Å². The molecule has 0 aliphatic rings. The number of carbonyl (C=O) groups is 1. The lowest BCUT2D eigenvalue weighted by molar-refractivity contribution is 0.0521. The van der Waals surface area contributed by atoms with Crippen molar-refractivity contribution in [3.8, 4) is 0 Å². The summed E-state index contributed by atoms with van der Waals surface area (Å²) >= 11 is 0. The highest BCUT2D eigenvalue weighted by atomic mass is 32.2. The van der Waals surface area contributed by atoms with Gasteiger partial charge in [0.25, 0.3) is 0 Å². The van der Waals surface area contributed by atoms with Crippen molar-refractivity contribution in [3.63, 3.8) is 0 Å². The molecule has 0 aromatic carbocycles. The number of imidazole rings is 1. The maximum atomic E-state index is 11.8. The second kappa shape index (κ2) is 7.42. The van der Waals surface area contributed by atoms with Gasteiger partial charge in [-0.25, -0.2) is 9.78 Å². The van der Waals surface area contributed by atoms with Crippen LogP contribution >= 0.6 is 0 Å². The standard InChI is InChI=1S/C13H23N3O3S/c1-5-10-15-11(13(17)19-6-2)12(14)16(10)8-7-9(3)20(4)18/h9H,5-8,14H2,1-4H3. The van der Waals surface area contributed by atoms with E-state index >= 15 is 0 Å². The van der Waals surface area contributed by atoms with Gasteiger partial charge in [-0.05, 0) is 13.3 Å². The van der Waals surface area contributed by atoms with Crippen molar-refractivity contribution >= 4 is 22.6 Å². The SMILES string of the molecule is CCOC(=O)c1nc(CC)n(CCC(C)S(C)=O)c1N. The first-order valence-electron chi connectivity index (χ1n) is 6.76. The fourth-order valence-corrected chi connectivity index (χ4v) is 2.30. The number of hydrogen-bond acceptors (Lipinski definition) is 5. The number of rotatable bonds is 7. The van der Waals surface area contributed by atoms with E-state index in [1.165, 1.54) is 0 Å². The van der Waals surface area contributed by atoms with Gasteiger partial charge in [0.1, 0.15) is 11.6 Å². The molecule has 0 radical (unpaired) electrons. The maximum Gasteiger partial charge on any atom is 0.360 e. The van der Waals surface area contributed by atoms with Gasteiger partial charge in [0.2, 0.25) is 0 Å². The fraction of sp³-hybridized carbons (Fsp3) is 0.692. The molecule has 20 heavy (non-hydrogen) atoms. The number of anilines is 1. The summed E-state index contributed by atoms with van der Waals surface area (Å²) in [6, 6.07) is 0. The predicted molar refractivity (Wildman–Crippen MR) is 80.1 cm³/mol. The van der Waals surface area contributed by atoms with Crippen molar-refractivity contribution in [3.05, 3.63) is 11.5 Å². The molecule has 6 nitrogen and oxygen atoms in total. The Balaban J connectivity index is 2.95. The average molecular weight is 301 g/mol. The lowest BCUT2D eigenvalue weighted by Gasteiger charge is -2.12. The van der Waals surface area contributed by atoms with Crippen molar-refractivity contribution in [2.24, 2.45) is 0 Å². The van der Waals surface area contributed by atoms with E-state index in [0.29, 0.717) is 25.4 Å². The van der Waals surface area contributed by atoms with E-state index in [1.54, 1.807) is 13.2 Å². The Kier molecular flexibility index (Phi) is 6.19. The summed E-state index contributed by atoms with van der Waals surface area (Å²) in [5.41, 5.74) is 6.17. The summed E-state index contributed by atoms with van der Waals surface area (Å²) in [7, 11) is -0.870. The molecule has 0 spiro atoms. The fourth-order valence-electron chi connectivity index (χ4n) is 1.86. The second-order valence-electron chi connectivity index (χ2n) is 4.59. The van der Waals surface area contributed by atoms with E-state index in [2.05, 4.69) is 4.98 Å². The number of ether oxygens (including phenoxy) is 1. The molecule has 0 saturated carbocycles. The Morgan fingerprint density at radius 2 is 2.15 bits per heavy atom. The van der Waals surface area contributed by atoms with Crippen LogP contribution in [0.4, 0.5) is 5.82 Å². The number of carbonyl (C=O) groups excluding carboxylic acids is 1. The normalized spacial score (nSPS) is 14.0. The summed E-state index contributed by atoms with van der Waals surface area (Å²) in [6.45, 7) is 6.51. The van der Waals surface area contributed by atoms with Crippen molar-refractivity contribution in [2.45, 2.75) is 45.4 Å². The van der Waals surface area contributed by atoms with Crippen LogP contribution in [0, 0.1) is 0 Å². The highest BCUT2D eigenvalue weighted by Crippen LogP contribution is 2.18. The number of hydrogen-bond donors (Lipinski definition) is 1. The van der Waals surface area contributed by atoms with Crippen LogP contribution in [0.3, 0.4) is 0 Å². The number of nitrogens with two attached hydrogens (primary N) is 1. The van der Waals surface area contributed by atoms with Gasteiger partial charge in [-0.2, -0.15) is 0 Å². The molecule has 1 aromatic rings. The van der Waals surface area contributed by atoms with Crippen LogP contribution in [0.25, 0.3) is 0 Å². The third-order valence-electron chi connectivity index (χ3n) is 3.20. The van der Waals surface area contributed by atoms with Crippen molar-refractivity contribution in [1.29, 1.82) is 0 Å². The molecule has 7 heteroatoms. The zero-order valence-electron chi connectivity index (χ0n) is 12.5. The molecule has 0 saturated heterocycles. The van der Waals surface area contributed by atoms with E-state index in [0.717, 1.165) is 12.2 Å². The topological polar surface area (TPSA) is 87.2 Å². The molecular weight excluding hydrogens is 278 g/mol. The zero-order valence-corrected chi connectivity index (χ0v) is 13.3. The minimum Gasteiger partial charge on any atom is -0.461 e. The number of esters is 1. The lowest BCUT2D eigenvalue weighted by atomic mass is 10.3. The first kappa shape index (κ1) is 16.7. The summed E-state index contributed by atoms with van der Waals surface area (Å²) in [5, 5.41) is 0.0764. The van der Waals surface area contributed by atoms with Crippen molar-refractivity contribution in [1.82, 2.24) is 9.55 Å². The Labute approximate surface area is 122 Å². The number of nitrogen functional groups attached to an aromatic ring is 1. The largest absolute Gasteiger partial charge is 0.461 e. The van der Waals surface area contributed by atoms with Crippen molar-refractivity contribution in [2.75, 3.05) is 18.6 Å². The predicted octanol–water partition coefficient (Wildman–Crippen LogP) is 1.36. The first-order valence-corrected chi connectivity index (χ1v) is 8.38. The molecule has 114 valence electrons. The van der Waals surface area contributed by atoms with E-state index in [9.17, 15) is 9.00 Å². The van der Waals surface area contributed by atoms with Gasteiger partial charge >= 0.3 is 5.97 Å². The molecule has 0 bridgehead atoms. The second-order valence-corrected chi connectivity index (χ2v) is 6.39. The van der Waals surface area contributed by atoms with Crippen LogP contribution in [-0.2, 0) is 28.5 Å². The number of nitrogens with zero attached hydrogens (tertiary/aromatic N) is 2. The van der Waals surface area contributed by atoms with E-state index in [-0.39, 0.29) is 10.9 Å². The van der Waals surface area contributed by atoms with Gasteiger partial charge in [0.05, 0.1) is 6.61 Å².